The van der Waals surface area contributed by atoms with Crippen LogP contribution in [0.3, 0.4) is 0 Å². The molecule has 1 aromatic carbocycles. The smallest absolute Gasteiger partial charge is 0.309 e. The van der Waals surface area contributed by atoms with Gasteiger partial charge in [-0.05, 0) is 24.6 Å². The summed E-state index contributed by atoms with van der Waals surface area (Å²) in [5, 5.41) is 2.98. The lowest BCUT2D eigenvalue weighted by molar-refractivity contribution is -0.137. The Balaban J connectivity index is 2.59. The Morgan fingerprint density at radius 1 is 1.19 bits per heavy atom. The first-order valence-electron chi connectivity index (χ1n) is 6.35. The molecule has 0 spiro atoms. The highest BCUT2D eigenvalue weighted by Crippen LogP contribution is 2.29. The zero-order chi connectivity index (χ0) is 16.3. The van der Waals surface area contributed by atoms with Crippen LogP contribution in [0, 0.1) is 0 Å². The van der Waals surface area contributed by atoms with E-state index in [0.29, 0.717) is 5.56 Å². The van der Waals surface area contributed by atoms with Crippen molar-refractivity contribution in [2.24, 2.45) is 0 Å². The molecule has 0 aliphatic heterocycles. The van der Waals surface area contributed by atoms with Crippen molar-refractivity contribution in [3.05, 3.63) is 35.4 Å². The minimum Gasteiger partial charge on any atom is -0.309 e. The number of hydrogen-bond donors (Lipinski definition) is 1. The normalized spacial score (nSPS) is 14.4. The van der Waals surface area contributed by atoms with Crippen molar-refractivity contribution in [2.45, 2.75) is 19.1 Å². The Morgan fingerprint density at radius 2 is 1.71 bits per heavy atom. The highest BCUT2D eigenvalue weighted by Gasteiger charge is 2.30. The van der Waals surface area contributed by atoms with Crippen LogP contribution in [0.25, 0.3) is 0 Å². The molecule has 21 heavy (non-hydrogen) atoms. The SMILES string of the molecule is CC(NCCS(=O)(=O)N(C)C)c1ccc(C(F)(F)F)cc1. The fraction of sp³-hybridized carbons (Fsp3) is 0.538. The zero-order valence-corrected chi connectivity index (χ0v) is 12.9. The van der Waals surface area contributed by atoms with Crippen molar-refractivity contribution in [1.29, 1.82) is 0 Å². The van der Waals surface area contributed by atoms with Gasteiger partial charge in [0.05, 0.1) is 11.3 Å². The lowest BCUT2D eigenvalue weighted by Gasteiger charge is -2.17. The van der Waals surface area contributed by atoms with Crippen molar-refractivity contribution in [2.75, 3.05) is 26.4 Å². The third-order valence-corrected chi connectivity index (χ3v) is 4.94. The Bertz CT molecular complexity index is 554. The maximum atomic E-state index is 12.4. The standard InChI is InChI=1S/C13H19F3N2O2S/c1-10(17-8-9-21(19,20)18(2)3)11-4-6-12(7-5-11)13(14,15)16/h4-7,10,17H,8-9H2,1-3H3. The summed E-state index contributed by atoms with van der Waals surface area (Å²) in [4.78, 5) is 0. The molecule has 0 amide bonds. The number of alkyl halides is 3. The van der Waals surface area contributed by atoms with Gasteiger partial charge in [0.25, 0.3) is 0 Å². The van der Waals surface area contributed by atoms with Gasteiger partial charge in [-0.3, -0.25) is 0 Å². The Hall–Kier alpha value is -1.12. The first-order chi connectivity index (χ1) is 9.54. The minimum absolute atomic E-state index is 0.0645. The molecular weight excluding hydrogens is 305 g/mol. The van der Waals surface area contributed by atoms with E-state index in [4.69, 9.17) is 0 Å². The second-order valence-corrected chi connectivity index (χ2v) is 7.20. The summed E-state index contributed by atoms with van der Waals surface area (Å²) < 4.78 is 61.6. The Labute approximate surface area is 123 Å². The fourth-order valence-electron chi connectivity index (χ4n) is 1.67. The highest BCUT2D eigenvalue weighted by atomic mass is 32.2. The van der Waals surface area contributed by atoms with E-state index in [0.717, 1.165) is 16.4 Å². The van der Waals surface area contributed by atoms with Crippen molar-refractivity contribution in [3.8, 4) is 0 Å². The predicted molar refractivity (Wildman–Crippen MR) is 75.3 cm³/mol. The van der Waals surface area contributed by atoms with Crippen LogP contribution in [0.4, 0.5) is 13.2 Å². The van der Waals surface area contributed by atoms with Gasteiger partial charge in [0.15, 0.2) is 0 Å². The van der Waals surface area contributed by atoms with Gasteiger partial charge in [-0.2, -0.15) is 13.2 Å². The summed E-state index contributed by atoms with van der Waals surface area (Å²) in [7, 11) is -0.374. The number of nitrogens with one attached hydrogen (secondary N) is 1. The molecule has 0 radical (unpaired) electrons. The summed E-state index contributed by atoms with van der Waals surface area (Å²) in [5.74, 6) is -0.0645. The van der Waals surface area contributed by atoms with Gasteiger partial charge in [0.2, 0.25) is 10.0 Å². The quantitative estimate of drug-likeness (QED) is 0.873. The average Bonchev–Trinajstić information content (AvgIpc) is 2.37. The largest absolute Gasteiger partial charge is 0.416 e. The Kier molecular flexibility index (Phi) is 5.77. The van der Waals surface area contributed by atoms with E-state index >= 15 is 0 Å². The molecule has 0 aliphatic rings. The molecule has 8 heteroatoms. The fourth-order valence-corrected chi connectivity index (χ4v) is 2.41. The summed E-state index contributed by atoms with van der Waals surface area (Å²) in [5.41, 5.74) is -0.0288. The molecule has 1 N–H and O–H groups in total. The second kappa shape index (κ2) is 6.76. The van der Waals surface area contributed by atoms with E-state index in [1.165, 1.54) is 26.2 Å². The summed E-state index contributed by atoms with van der Waals surface area (Å²) in [6, 6.07) is 4.58. The van der Waals surface area contributed by atoms with Gasteiger partial charge in [-0.15, -0.1) is 0 Å². The molecule has 0 aliphatic carbocycles. The summed E-state index contributed by atoms with van der Waals surface area (Å²) >= 11 is 0. The molecule has 0 aromatic heterocycles. The average molecular weight is 324 g/mol. The summed E-state index contributed by atoms with van der Waals surface area (Å²) in [6.45, 7) is 1.99. The van der Waals surface area contributed by atoms with Crippen LogP contribution >= 0.6 is 0 Å². The van der Waals surface area contributed by atoms with E-state index in [2.05, 4.69) is 5.32 Å². The van der Waals surface area contributed by atoms with Crippen molar-refractivity contribution < 1.29 is 21.6 Å². The molecule has 0 bridgehead atoms. The zero-order valence-electron chi connectivity index (χ0n) is 12.1. The predicted octanol–water partition coefficient (Wildman–Crippen LogP) is 2.25. The lowest BCUT2D eigenvalue weighted by Crippen LogP contribution is -2.32. The molecular formula is C13H19F3N2O2S. The van der Waals surface area contributed by atoms with Crippen molar-refractivity contribution >= 4 is 10.0 Å². The van der Waals surface area contributed by atoms with Crippen LogP contribution in [0.2, 0.25) is 0 Å². The van der Waals surface area contributed by atoms with Gasteiger partial charge < -0.3 is 5.32 Å². The number of rotatable bonds is 6. The van der Waals surface area contributed by atoms with Crippen LogP contribution in [0.15, 0.2) is 24.3 Å². The molecule has 1 rings (SSSR count). The van der Waals surface area contributed by atoms with Gasteiger partial charge >= 0.3 is 6.18 Å². The van der Waals surface area contributed by atoms with Crippen LogP contribution in [0.1, 0.15) is 24.1 Å². The molecule has 1 atom stereocenters. The van der Waals surface area contributed by atoms with E-state index < -0.39 is 21.8 Å². The number of sulfonamides is 1. The molecule has 0 heterocycles. The van der Waals surface area contributed by atoms with Crippen molar-refractivity contribution in [3.63, 3.8) is 0 Å². The minimum atomic E-state index is -4.35. The van der Waals surface area contributed by atoms with Gasteiger partial charge in [-0.1, -0.05) is 12.1 Å². The number of benzene rings is 1. The van der Waals surface area contributed by atoms with Crippen molar-refractivity contribution in [1.82, 2.24) is 9.62 Å². The number of halogens is 3. The van der Waals surface area contributed by atoms with Crippen LogP contribution in [-0.4, -0.2) is 39.1 Å². The summed E-state index contributed by atoms with van der Waals surface area (Å²) in [6.07, 6.45) is -4.35. The van der Waals surface area contributed by atoms with E-state index in [9.17, 15) is 21.6 Å². The molecule has 0 fully saturated rings. The number of nitrogens with zero attached hydrogens (tertiary/aromatic N) is 1. The second-order valence-electron chi connectivity index (χ2n) is 4.89. The maximum Gasteiger partial charge on any atom is 0.416 e. The molecule has 0 saturated carbocycles. The molecule has 1 aromatic rings. The first-order valence-corrected chi connectivity index (χ1v) is 7.95. The molecule has 1 unspecified atom stereocenters. The van der Waals surface area contributed by atoms with Crippen LogP contribution in [-0.2, 0) is 16.2 Å². The monoisotopic (exact) mass is 324 g/mol. The van der Waals surface area contributed by atoms with Gasteiger partial charge in [-0.25, -0.2) is 12.7 Å². The first kappa shape index (κ1) is 17.9. The third kappa shape index (κ3) is 5.29. The maximum absolute atomic E-state index is 12.4. The molecule has 4 nitrogen and oxygen atoms in total. The third-order valence-electron chi connectivity index (χ3n) is 3.10. The molecule has 120 valence electrons. The van der Waals surface area contributed by atoms with Gasteiger partial charge in [0.1, 0.15) is 0 Å². The Morgan fingerprint density at radius 3 is 2.14 bits per heavy atom. The van der Waals surface area contributed by atoms with E-state index in [-0.39, 0.29) is 18.3 Å². The van der Waals surface area contributed by atoms with Gasteiger partial charge in [0, 0.05) is 26.7 Å². The van der Waals surface area contributed by atoms with E-state index in [1.807, 2.05) is 0 Å². The number of hydrogen-bond acceptors (Lipinski definition) is 3. The highest BCUT2D eigenvalue weighted by molar-refractivity contribution is 7.89. The lowest BCUT2D eigenvalue weighted by atomic mass is 10.1. The molecule has 0 saturated heterocycles. The van der Waals surface area contributed by atoms with Crippen LogP contribution in [0.5, 0.6) is 0 Å². The van der Waals surface area contributed by atoms with Crippen LogP contribution < -0.4 is 5.32 Å². The topological polar surface area (TPSA) is 49.4 Å². The van der Waals surface area contributed by atoms with E-state index in [1.54, 1.807) is 6.92 Å².